The Bertz CT molecular complexity index is 969. The number of thiocarbonyl (C=S) groups is 1. The van der Waals surface area contributed by atoms with E-state index in [0.717, 1.165) is 22.4 Å². The third kappa shape index (κ3) is 3.76. The molecule has 2 aliphatic heterocycles. The minimum absolute atomic E-state index is 0.0846. The number of para-hydroxylation sites is 1. The quantitative estimate of drug-likeness (QED) is 0.533. The normalized spacial score (nSPS) is 20.2. The van der Waals surface area contributed by atoms with Gasteiger partial charge in [0.2, 0.25) is 0 Å². The van der Waals surface area contributed by atoms with Crippen molar-refractivity contribution in [2.24, 2.45) is 0 Å². The molecule has 2 aromatic rings. The summed E-state index contributed by atoms with van der Waals surface area (Å²) in [6.45, 7) is 0.907. The van der Waals surface area contributed by atoms with Crippen LogP contribution < -0.4 is 4.74 Å². The number of carbonyl (C=O) groups excluding carboxylic acids is 1. The highest BCUT2D eigenvalue weighted by atomic mass is 32.2. The zero-order valence-corrected chi connectivity index (χ0v) is 17.0. The Kier molecular flexibility index (Phi) is 5.62. The molecule has 2 aromatic carbocycles. The highest BCUT2D eigenvalue weighted by Gasteiger charge is 2.33. The van der Waals surface area contributed by atoms with E-state index in [1.165, 1.54) is 11.8 Å². The van der Waals surface area contributed by atoms with Crippen molar-refractivity contribution in [3.8, 4) is 5.75 Å². The molecular weight excluding hydrogens is 390 g/mol. The van der Waals surface area contributed by atoms with Gasteiger partial charge in [0.1, 0.15) is 16.2 Å². The summed E-state index contributed by atoms with van der Waals surface area (Å²) in [5.74, 6) is 0.750. The SMILES string of the molecule is COCCN1C(=O)C(=CC2=Cc3ccccc3OC2c2ccccc2)SC1=S. The fourth-order valence-corrected chi connectivity index (χ4v) is 4.50. The Balaban J connectivity index is 1.71. The Morgan fingerprint density at radius 3 is 2.71 bits per heavy atom. The fourth-order valence-electron chi connectivity index (χ4n) is 3.19. The number of ether oxygens (including phenoxy) is 2. The molecule has 6 heteroatoms. The lowest BCUT2D eigenvalue weighted by Crippen LogP contribution is -2.31. The Morgan fingerprint density at radius 2 is 1.93 bits per heavy atom. The van der Waals surface area contributed by atoms with Crippen LogP contribution in [0.25, 0.3) is 6.08 Å². The Labute approximate surface area is 173 Å². The summed E-state index contributed by atoms with van der Waals surface area (Å²) >= 11 is 6.70. The number of amides is 1. The first-order valence-corrected chi connectivity index (χ1v) is 10.2. The first-order valence-electron chi connectivity index (χ1n) is 8.94. The Hall–Kier alpha value is -2.41. The molecule has 1 unspecified atom stereocenters. The molecule has 0 N–H and O–H groups in total. The van der Waals surface area contributed by atoms with Crippen molar-refractivity contribution < 1.29 is 14.3 Å². The Morgan fingerprint density at radius 1 is 1.18 bits per heavy atom. The second-order valence-electron chi connectivity index (χ2n) is 6.42. The molecule has 1 saturated heterocycles. The minimum Gasteiger partial charge on any atom is -0.480 e. The van der Waals surface area contributed by atoms with Gasteiger partial charge in [0.25, 0.3) is 5.91 Å². The molecule has 2 aliphatic rings. The third-order valence-electron chi connectivity index (χ3n) is 4.58. The van der Waals surface area contributed by atoms with Crippen LogP contribution >= 0.6 is 24.0 Å². The van der Waals surface area contributed by atoms with Gasteiger partial charge in [0.05, 0.1) is 18.1 Å². The van der Waals surface area contributed by atoms with Crippen LogP contribution in [0.1, 0.15) is 17.2 Å². The zero-order valence-electron chi connectivity index (χ0n) is 15.3. The second-order valence-corrected chi connectivity index (χ2v) is 8.09. The van der Waals surface area contributed by atoms with Crippen LogP contribution in [0, 0.1) is 0 Å². The summed E-state index contributed by atoms with van der Waals surface area (Å²) in [5, 5.41) is 0. The number of thioether (sulfide) groups is 1. The lowest BCUT2D eigenvalue weighted by molar-refractivity contribution is -0.122. The van der Waals surface area contributed by atoms with Crippen LogP contribution in [0.15, 0.2) is 71.2 Å². The van der Waals surface area contributed by atoms with Crippen molar-refractivity contribution >= 4 is 40.3 Å². The average Bonchev–Trinajstić information content (AvgIpc) is 2.99. The maximum absolute atomic E-state index is 12.8. The van der Waals surface area contributed by atoms with Gasteiger partial charge in [-0.1, -0.05) is 72.5 Å². The van der Waals surface area contributed by atoms with Crippen LogP contribution in [0.3, 0.4) is 0 Å². The van der Waals surface area contributed by atoms with Crippen molar-refractivity contribution in [3.63, 3.8) is 0 Å². The van der Waals surface area contributed by atoms with E-state index in [9.17, 15) is 4.79 Å². The van der Waals surface area contributed by atoms with Gasteiger partial charge in [-0.2, -0.15) is 0 Å². The number of hydrogen-bond acceptors (Lipinski definition) is 5. The van der Waals surface area contributed by atoms with E-state index < -0.39 is 0 Å². The highest BCUT2D eigenvalue weighted by Crippen LogP contribution is 2.40. The van der Waals surface area contributed by atoms with Gasteiger partial charge in [-0.15, -0.1) is 0 Å². The summed E-state index contributed by atoms with van der Waals surface area (Å²) in [5.41, 5.74) is 2.96. The first kappa shape index (κ1) is 18.9. The molecule has 2 heterocycles. The largest absolute Gasteiger partial charge is 0.480 e. The van der Waals surface area contributed by atoms with Crippen molar-refractivity contribution in [2.75, 3.05) is 20.3 Å². The van der Waals surface area contributed by atoms with Crippen molar-refractivity contribution in [2.45, 2.75) is 6.10 Å². The van der Waals surface area contributed by atoms with Crippen molar-refractivity contribution in [3.05, 3.63) is 82.3 Å². The van der Waals surface area contributed by atoms with Gasteiger partial charge in [0.15, 0.2) is 0 Å². The number of benzene rings is 2. The molecule has 142 valence electrons. The van der Waals surface area contributed by atoms with E-state index in [0.29, 0.717) is 22.4 Å². The monoisotopic (exact) mass is 409 g/mol. The number of carbonyl (C=O) groups is 1. The van der Waals surface area contributed by atoms with Crippen molar-refractivity contribution in [1.29, 1.82) is 0 Å². The summed E-state index contributed by atoms with van der Waals surface area (Å²) in [6, 6.07) is 17.9. The molecule has 0 saturated carbocycles. The summed E-state index contributed by atoms with van der Waals surface area (Å²) in [6.07, 6.45) is 3.70. The predicted octanol–water partition coefficient (Wildman–Crippen LogP) is 4.59. The molecule has 1 atom stereocenters. The summed E-state index contributed by atoms with van der Waals surface area (Å²) in [4.78, 5) is 15.0. The molecular formula is C22H19NO3S2. The smallest absolute Gasteiger partial charge is 0.266 e. The molecule has 0 radical (unpaired) electrons. The van der Waals surface area contributed by atoms with Crippen LogP contribution in [0.4, 0.5) is 0 Å². The number of methoxy groups -OCH3 is 1. The molecule has 28 heavy (non-hydrogen) atoms. The van der Waals surface area contributed by atoms with E-state index in [4.69, 9.17) is 21.7 Å². The second kappa shape index (κ2) is 8.31. The van der Waals surface area contributed by atoms with Crippen LogP contribution in [-0.2, 0) is 9.53 Å². The first-order chi connectivity index (χ1) is 13.7. The van der Waals surface area contributed by atoms with Crippen LogP contribution in [0.2, 0.25) is 0 Å². The number of hydrogen-bond donors (Lipinski definition) is 0. The van der Waals surface area contributed by atoms with E-state index in [1.54, 1.807) is 12.0 Å². The minimum atomic E-state index is -0.279. The van der Waals surface area contributed by atoms with E-state index >= 15 is 0 Å². The molecule has 1 amide bonds. The van der Waals surface area contributed by atoms with Gasteiger partial charge in [0, 0.05) is 12.7 Å². The lowest BCUT2D eigenvalue weighted by atomic mass is 9.95. The molecule has 4 nitrogen and oxygen atoms in total. The van der Waals surface area contributed by atoms with E-state index in [2.05, 4.69) is 6.08 Å². The summed E-state index contributed by atoms with van der Waals surface area (Å²) < 4.78 is 11.9. The molecule has 0 spiro atoms. The summed E-state index contributed by atoms with van der Waals surface area (Å²) in [7, 11) is 1.61. The van der Waals surface area contributed by atoms with Crippen molar-refractivity contribution in [1.82, 2.24) is 4.90 Å². The van der Waals surface area contributed by atoms with Crippen LogP contribution in [-0.4, -0.2) is 35.4 Å². The number of fused-ring (bicyclic) bond motifs is 1. The topological polar surface area (TPSA) is 38.8 Å². The lowest BCUT2D eigenvalue weighted by Gasteiger charge is -2.26. The molecule has 4 rings (SSSR count). The van der Waals surface area contributed by atoms with E-state index in [-0.39, 0.29) is 12.0 Å². The zero-order chi connectivity index (χ0) is 19.5. The highest BCUT2D eigenvalue weighted by molar-refractivity contribution is 8.26. The van der Waals surface area contributed by atoms with Crippen LogP contribution in [0.5, 0.6) is 5.75 Å². The maximum atomic E-state index is 12.8. The molecule has 0 bridgehead atoms. The molecule has 0 aromatic heterocycles. The molecule has 0 aliphatic carbocycles. The number of nitrogens with zero attached hydrogens (tertiary/aromatic N) is 1. The van der Waals surface area contributed by atoms with Gasteiger partial charge in [-0.05, 0) is 29.4 Å². The van der Waals surface area contributed by atoms with Gasteiger partial charge >= 0.3 is 0 Å². The predicted molar refractivity (Wildman–Crippen MR) is 116 cm³/mol. The van der Waals surface area contributed by atoms with Gasteiger partial charge in [-0.3, -0.25) is 9.69 Å². The third-order valence-corrected chi connectivity index (χ3v) is 5.96. The fraction of sp³-hybridized carbons (Fsp3) is 0.182. The number of rotatable bonds is 5. The maximum Gasteiger partial charge on any atom is 0.266 e. The molecule has 1 fully saturated rings. The van der Waals surface area contributed by atoms with E-state index in [1.807, 2.05) is 60.7 Å². The average molecular weight is 410 g/mol. The van der Waals surface area contributed by atoms with Gasteiger partial charge in [-0.25, -0.2) is 0 Å². The van der Waals surface area contributed by atoms with Gasteiger partial charge < -0.3 is 9.47 Å². The standard InChI is InChI=1S/C22H19NO3S2/c1-25-12-11-23-21(24)19(28-22(23)27)14-17-13-16-9-5-6-10-18(16)26-20(17)15-7-3-2-4-8-15/h2-10,13-14,20H,11-12H2,1H3.